The molecule has 2 atom stereocenters. The van der Waals surface area contributed by atoms with Crippen molar-refractivity contribution in [3.05, 3.63) is 26.6 Å². The Labute approximate surface area is 198 Å². The Morgan fingerprint density at radius 1 is 1.24 bits per heavy atom. The van der Waals surface area contributed by atoms with Crippen LogP contribution in [-0.2, 0) is 9.53 Å². The monoisotopic (exact) mass is 474 g/mol. The Balaban J connectivity index is 1.50. The molecule has 1 amide bonds. The molecular weight excluding hydrogens is 440 g/mol. The first-order valence-electron chi connectivity index (χ1n) is 12.1. The van der Waals surface area contributed by atoms with Crippen molar-refractivity contribution >= 4 is 33.4 Å². The lowest BCUT2D eigenvalue weighted by atomic mass is 9.92. The molecule has 180 valence electrons. The van der Waals surface area contributed by atoms with E-state index in [1.165, 1.54) is 30.6 Å². The zero-order valence-corrected chi connectivity index (χ0v) is 20.6. The number of thiophene rings is 1. The van der Waals surface area contributed by atoms with E-state index in [1.54, 1.807) is 13.8 Å². The van der Waals surface area contributed by atoms with Crippen LogP contribution < -0.4 is 10.9 Å². The predicted octanol–water partition coefficient (Wildman–Crippen LogP) is 3.69. The maximum Gasteiger partial charge on any atom is 0.348 e. The minimum atomic E-state index is -0.421. The topological polar surface area (TPSA) is 104 Å². The zero-order valence-electron chi connectivity index (χ0n) is 19.7. The number of amides is 1. The number of aryl methyl sites for hydroxylation is 1. The largest absolute Gasteiger partial charge is 0.462 e. The van der Waals surface area contributed by atoms with Crippen LogP contribution in [0.25, 0.3) is 10.2 Å². The molecule has 0 radical (unpaired) electrons. The van der Waals surface area contributed by atoms with Crippen molar-refractivity contribution < 1.29 is 14.3 Å². The number of nitrogens with zero attached hydrogens (tertiary/aromatic N) is 2. The number of nitrogens with one attached hydrogen (secondary N) is 2. The number of rotatable bonds is 6. The van der Waals surface area contributed by atoms with Crippen molar-refractivity contribution in [3.63, 3.8) is 0 Å². The molecular formula is C24H34N4O4S. The number of H-pyrrole nitrogens is 1. The third-order valence-electron chi connectivity index (χ3n) is 7.00. The summed E-state index contributed by atoms with van der Waals surface area (Å²) in [5.41, 5.74) is 0.369. The summed E-state index contributed by atoms with van der Waals surface area (Å²) in [6, 6.07) is 0.177. The second kappa shape index (κ2) is 10.3. The summed E-state index contributed by atoms with van der Waals surface area (Å²) in [5, 5.41) is 3.72. The highest BCUT2D eigenvalue weighted by atomic mass is 32.1. The van der Waals surface area contributed by atoms with E-state index in [9.17, 15) is 14.4 Å². The standard InChI is InChI=1S/C24H34N4O4S/c1-4-32-24(31)19-14(2)18-22(30)26-20(27-23(18)33-19)15(3)28-12-8-9-16(13-28)21(29)25-17-10-6-5-7-11-17/h15-17H,4-13H2,1-3H3,(H,25,29)(H,26,27,30). The first-order chi connectivity index (χ1) is 15.9. The minimum Gasteiger partial charge on any atom is -0.462 e. The van der Waals surface area contributed by atoms with Crippen molar-refractivity contribution in [1.82, 2.24) is 20.2 Å². The molecule has 2 fully saturated rings. The fourth-order valence-corrected chi connectivity index (χ4v) is 6.14. The van der Waals surface area contributed by atoms with E-state index in [4.69, 9.17) is 9.72 Å². The number of hydrogen-bond donors (Lipinski definition) is 2. The lowest BCUT2D eigenvalue weighted by Crippen LogP contribution is -2.47. The van der Waals surface area contributed by atoms with Crippen LogP contribution in [0, 0.1) is 12.8 Å². The summed E-state index contributed by atoms with van der Waals surface area (Å²) in [5.74, 6) is 0.258. The number of fused-ring (bicyclic) bond motifs is 1. The van der Waals surface area contributed by atoms with E-state index in [1.807, 2.05) is 6.92 Å². The number of aromatic amines is 1. The molecule has 4 rings (SSSR count). The Morgan fingerprint density at radius 3 is 2.73 bits per heavy atom. The van der Waals surface area contributed by atoms with E-state index in [2.05, 4.69) is 15.2 Å². The van der Waals surface area contributed by atoms with Crippen molar-refractivity contribution in [2.75, 3.05) is 19.7 Å². The Morgan fingerprint density at radius 2 is 2.00 bits per heavy atom. The van der Waals surface area contributed by atoms with Gasteiger partial charge in [-0.15, -0.1) is 11.3 Å². The van der Waals surface area contributed by atoms with Crippen molar-refractivity contribution in [3.8, 4) is 0 Å². The van der Waals surface area contributed by atoms with Gasteiger partial charge in [-0.3, -0.25) is 14.5 Å². The van der Waals surface area contributed by atoms with Crippen LogP contribution in [0.5, 0.6) is 0 Å². The van der Waals surface area contributed by atoms with Gasteiger partial charge in [-0.25, -0.2) is 9.78 Å². The molecule has 3 heterocycles. The maximum atomic E-state index is 12.9. The molecule has 8 nitrogen and oxygen atoms in total. The third-order valence-corrected chi connectivity index (χ3v) is 8.16. The van der Waals surface area contributed by atoms with Crippen LogP contribution in [0.1, 0.15) is 85.9 Å². The minimum absolute atomic E-state index is 0.0435. The molecule has 2 aromatic rings. The van der Waals surface area contributed by atoms with Gasteiger partial charge in [0.15, 0.2) is 0 Å². The fraction of sp³-hybridized carbons (Fsp3) is 0.667. The molecule has 1 aliphatic heterocycles. The quantitative estimate of drug-likeness (QED) is 0.619. The molecule has 0 aromatic carbocycles. The summed E-state index contributed by atoms with van der Waals surface area (Å²) in [6.07, 6.45) is 7.64. The van der Waals surface area contributed by atoms with E-state index in [0.29, 0.717) is 39.1 Å². The normalized spacial score (nSPS) is 21.1. The molecule has 9 heteroatoms. The molecule has 2 N–H and O–H groups in total. The van der Waals surface area contributed by atoms with Gasteiger partial charge < -0.3 is 15.0 Å². The molecule has 2 aliphatic rings. The number of aromatic nitrogens is 2. The molecule has 33 heavy (non-hydrogen) atoms. The van der Waals surface area contributed by atoms with Crippen LogP contribution in [-0.4, -0.2) is 52.5 Å². The van der Waals surface area contributed by atoms with Crippen molar-refractivity contribution in [1.29, 1.82) is 0 Å². The first kappa shape index (κ1) is 23.9. The van der Waals surface area contributed by atoms with Gasteiger partial charge in [0.2, 0.25) is 5.91 Å². The molecule has 1 saturated carbocycles. The fourth-order valence-electron chi connectivity index (χ4n) is 5.06. The number of hydrogen-bond acceptors (Lipinski definition) is 7. The molecule has 1 saturated heterocycles. The second-order valence-corrected chi connectivity index (χ2v) is 10.3. The predicted molar refractivity (Wildman–Crippen MR) is 129 cm³/mol. The summed E-state index contributed by atoms with van der Waals surface area (Å²) < 4.78 is 5.12. The van der Waals surface area contributed by atoms with Gasteiger partial charge in [0, 0.05) is 12.6 Å². The Hall–Kier alpha value is -2.26. The van der Waals surface area contributed by atoms with Crippen LogP contribution in [0.2, 0.25) is 0 Å². The molecule has 1 aliphatic carbocycles. The van der Waals surface area contributed by atoms with E-state index in [-0.39, 0.29) is 30.0 Å². The summed E-state index contributed by atoms with van der Waals surface area (Å²) in [7, 11) is 0. The van der Waals surface area contributed by atoms with Gasteiger partial charge in [-0.1, -0.05) is 19.3 Å². The highest BCUT2D eigenvalue weighted by molar-refractivity contribution is 7.20. The number of carbonyl (C=O) groups excluding carboxylic acids is 2. The number of piperidine rings is 1. The van der Waals surface area contributed by atoms with E-state index < -0.39 is 5.97 Å². The van der Waals surface area contributed by atoms with Crippen molar-refractivity contribution in [2.45, 2.75) is 77.8 Å². The number of likely N-dealkylation sites (tertiary alicyclic amines) is 1. The van der Waals surface area contributed by atoms with E-state index >= 15 is 0 Å². The van der Waals surface area contributed by atoms with Gasteiger partial charge >= 0.3 is 5.97 Å². The third kappa shape index (κ3) is 5.14. The van der Waals surface area contributed by atoms with E-state index in [0.717, 1.165) is 32.2 Å². The maximum absolute atomic E-state index is 12.9. The van der Waals surface area contributed by atoms with Crippen LogP contribution in [0.4, 0.5) is 0 Å². The number of ether oxygens (including phenoxy) is 1. The highest BCUT2D eigenvalue weighted by Gasteiger charge is 2.31. The zero-order chi connectivity index (χ0) is 23.5. The molecule has 0 bridgehead atoms. The molecule has 2 aromatic heterocycles. The lowest BCUT2D eigenvalue weighted by Gasteiger charge is -2.36. The average molecular weight is 475 g/mol. The van der Waals surface area contributed by atoms with Crippen LogP contribution >= 0.6 is 11.3 Å². The lowest BCUT2D eigenvalue weighted by molar-refractivity contribution is -0.128. The average Bonchev–Trinajstić information content (AvgIpc) is 3.16. The number of esters is 1. The van der Waals surface area contributed by atoms with Gasteiger partial charge in [0.1, 0.15) is 15.5 Å². The van der Waals surface area contributed by atoms with Gasteiger partial charge in [0.05, 0.1) is 24.0 Å². The second-order valence-electron chi connectivity index (χ2n) is 9.26. The van der Waals surface area contributed by atoms with Gasteiger partial charge in [-0.05, 0) is 58.6 Å². The summed E-state index contributed by atoms with van der Waals surface area (Å²) in [4.78, 5) is 48.9. The smallest absolute Gasteiger partial charge is 0.348 e. The van der Waals surface area contributed by atoms with Gasteiger partial charge in [0.25, 0.3) is 5.56 Å². The number of carbonyl (C=O) groups is 2. The van der Waals surface area contributed by atoms with Gasteiger partial charge in [-0.2, -0.15) is 0 Å². The molecule has 2 unspecified atom stereocenters. The first-order valence-corrected chi connectivity index (χ1v) is 13.0. The Bertz CT molecular complexity index is 1070. The van der Waals surface area contributed by atoms with Crippen LogP contribution in [0.15, 0.2) is 4.79 Å². The highest BCUT2D eigenvalue weighted by Crippen LogP contribution is 2.30. The Kier molecular flexibility index (Phi) is 7.48. The summed E-state index contributed by atoms with van der Waals surface area (Å²) >= 11 is 1.20. The van der Waals surface area contributed by atoms with Crippen molar-refractivity contribution in [2.24, 2.45) is 5.92 Å². The summed E-state index contributed by atoms with van der Waals surface area (Å²) in [6.45, 7) is 7.31. The molecule has 0 spiro atoms. The SMILES string of the molecule is CCOC(=O)c1sc2nc(C(C)N3CCCC(C(=O)NC4CCCCC4)C3)[nH]c(=O)c2c1C. The van der Waals surface area contributed by atoms with Crippen LogP contribution in [0.3, 0.4) is 0 Å².